The molecule has 1 unspecified atom stereocenters. The molecule has 5 nitrogen and oxygen atoms in total. The van der Waals surface area contributed by atoms with E-state index >= 15 is 0 Å². The van der Waals surface area contributed by atoms with Crippen LogP contribution in [0.5, 0.6) is 5.75 Å². The summed E-state index contributed by atoms with van der Waals surface area (Å²) in [5.74, 6) is 1.18. The van der Waals surface area contributed by atoms with Crippen LogP contribution in [0.1, 0.15) is 36.8 Å². The first-order valence-electron chi connectivity index (χ1n) is 7.53. The maximum Gasteiger partial charge on any atom is 0.324 e. The van der Waals surface area contributed by atoms with Crippen LogP contribution in [0, 0.1) is 5.41 Å². The van der Waals surface area contributed by atoms with Gasteiger partial charge < -0.3 is 9.64 Å². The van der Waals surface area contributed by atoms with Gasteiger partial charge in [0.15, 0.2) is 0 Å². The van der Waals surface area contributed by atoms with Crippen molar-refractivity contribution in [2.75, 3.05) is 7.11 Å². The van der Waals surface area contributed by atoms with Crippen molar-refractivity contribution in [3.8, 4) is 5.75 Å². The minimum Gasteiger partial charge on any atom is -0.497 e. The van der Waals surface area contributed by atoms with Gasteiger partial charge in [-0.1, -0.05) is 6.07 Å². The van der Waals surface area contributed by atoms with Crippen molar-refractivity contribution in [3.63, 3.8) is 0 Å². The molecule has 1 heterocycles. The van der Waals surface area contributed by atoms with Crippen LogP contribution in [-0.2, 0) is 12.0 Å². The lowest BCUT2D eigenvalue weighted by molar-refractivity contribution is 0.155. The molecule has 1 aromatic carbocycles. The molecule has 1 atom stereocenters. The smallest absolute Gasteiger partial charge is 0.324 e. The molecule has 1 saturated carbocycles. The van der Waals surface area contributed by atoms with Gasteiger partial charge in [0.2, 0.25) is 0 Å². The van der Waals surface area contributed by atoms with Crippen molar-refractivity contribution in [1.29, 1.82) is 5.41 Å². The van der Waals surface area contributed by atoms with Gasteiger partial charge in [0.1, 0.15) is 17.1 Å². The van der Waals surface area contributed by atoms with Gasteiger partial charge in [-0.15, -0.1) is 0 Å². The third kappa shape index (κ3) is 1.63. The fraction of sp³-hybridized carbons (Fsp3) is 0.500. The van der Waals surface area contributed by atoms with E-state index < -0.39 is 5.54 Å². The first kappa shape index (κ1) is 12.7. The number of carbonyl (C=O) groups excluding carboxylic acids is 1. The van der Waals surface area contributed by atoms with E-state index in [1.807, 2.05) is 17.0 Å². The van der Waals surface area contributed by atoms with Crippen molar-refractivity contribution in [1.82, 2.24) is 10.2 Å². The highest BCUT2D eigenvalue weighted by atomic mass is 16.5. The molecule has 1 aromatic rings. The molecule has 5 heteroatoms. The maximum atomic E-state index is 12.3. The van der Waals surface area contributed by atoms with E-state index in [2.05, 4.69) is 11.4 Å². The topological polar surface area (TPSA) is 65.4 Å². The molecular weight excluding hydrogens is 266 g/mol. The summed E-state index contributed by atoms with van der Waals surface area (Å²) in [6, 6.07) is 6.22. The van der Waals surface area contributed by atoms with Crippen molar-refractivity contribution in [2.45, 2.75) is 43.7 Å². The number of amides is 2. The maximum absolute atomic E-state index is 12.3. The molecule has 2 aliphatic carbocycles. The number of amidine groups is 1. The molecule has 2 N–H and O–H groups in total. The number of ether oxygens (including phenoxy) is 1. The van der Waals surface area contributed by atoms with Gasteiger partial charge in [-0.2, -0.15) is 0 Å². The standard InChI is InChI=1S/C16H19N3O2/c1-21-12-6-7-13-10(9-12)3-2-8-16(13)14(17)18-15(20)19(16)11-4-5-11/h6-7,9,11H,2-5,8H2,1H3,(H2,17,18,20). The summed E-state index contributed by atoms with van der Waals surface area (Å²) in [5.41, 5.74) is 1.73. The molecule has 3 aliphatic rings. The lowest BCUT2D eigenvalue weighted by Gasteiger charge is -2.41. The van der Waals surface area contributed by atoms with E-state index in [4.69, 9.17) is 10.1 Å². The predicted octanol–water partition coefficient (Wildman–Crippen LogP) is 2.39. The molecular formula is C16H19N3O2. The number of nitrogens with zero attached hydrogens (tertiary/aromatic N) is 1. The predicted molar refractivity (Wildman–Crippen MR) is 78.7 cm³/mol. The number of fused-ring (bicyclic) bond motifs is 2. The highest BCUT2D eigenvalue weighted by molar-refractivity contribution is 6.09. The highest BCUT2D eigenvalue weighted by Gasteiger charge is 2.57. The normalized spacial score (nSPS) is 27.8. The van der Waals surface area contributed by atoms with Gasteiger partial charge in [-0.3, -0.25) is 10.7 Å². The highest BCUT2D eigenvalue weighted by Crippen LogP contribution is 2.48. The second kappa shape index (κ2) is 4.23. The number of nitrogens with one attached hydrogen (secondary N) is 2. The molecule has 1 saturated heterocycles. The number of benzene rings is 1. The van der Waals surface area contributed by atoms with Gasteiger partial charge >= 0.3 is 6.03 Å². The van der Waals surface area contributed by atoms with Crippen molar-refractivity contribution >= 4 is 11.9 Å². The Morgan fingerprint density at radius 3 is 2.95 bits per heavy atom. The van der Waals surface area contributed by atoms with Crippen LogP contribution in [0.3, 0.4) is 0 Å². The lowest BCUT2D eigenvalue weighted by atomic mass is 9.75. The van der Waals surface area contributed by atoms with Gasteiger partial charge in [0.25, 0.3) is 0 Å². The van der Waals surface area contributed by atoms with E-state index in [1.165, 1.54) is 5.56 Å². The van der Waals surface area contributed by atoms with Gasteiger partial charge in [0, 0.05) is 6.04 Å². The minimum atomic E-state index is -0.571. The Hall–Kier alpha value is -2.04. The Balaban J connectivity index is 1.88. The van der Waals surface area contributed by atoms with Crippen molar-refractivity contribution < 1.29 is 9.53 Å². The van der Waals surface area contributed by atoms with Crippen LogP contribution in [0.4, 0.5) is 4.79 Å². The summed E-state index contributed by atoms with van der Waals surface area (Å²) in [4.78, 5) is 14.3. The van der Waals surface area contributed by atoms with Crippen LogP contribution in [0.15, 0.2) is 18.2 Å². The summed E-state index contributed by atoms with van der Waals surface area (Å²) in [7, 11) is 1.67. The fourth-order valence-corrected chi connectivity index (χ4v) is 3.86. The third-order valence-corrected chi connectivity index (χ3v) is 4.93. The number of aryl methyl sites for hydroxylation is 1. The van der Waals surface area contributed by atoms with E-state index in [9.17, 15) is 4.79 Å². The van der Waals surface area contributed by atoms with Crippen LogP contribution in [0.25, 0.3) is 0 Å². The van der Waals surface area contributed by atoms with Gasteiger partial charge in [-0.05, 0) is 55.4 Å². The molecule has 2 amide bonds. The Labute approximate surface area is 123 Å². The summed E-state index contributed by atoms with van der Waals surface area (Å²) < 4.78 is 5.32. The number of urea groups is 1. The average Bonchev–Trinajstić information content (AvgIpc) is 3.27. The summed E-state index contributed by atoms with van der Waals surface area (Å²) >= 11 is 0. The largest absolute Gasteiger partial charge is 0.497 e. The molecule has 4 rings (SSSR count). The molecule has 2 fully saturated rings. The summed E-state index contributed by atoms with van der Waals surface area (Å²) in [5, 5.41) is 11.2. The van der Waals surface area contributed by atoms with E-state index in [-0.39, 0.29) is 6.03 Å². The molecule has 1 aliphatic heterocycles. The summed E-state index contributed by atoms with van der Waals surface area (Å²) in [6.07, 6.45) is 4.90. The SMILES string of the molecule is COc1ccc2c(c1)CCCC21C(=N)NC(=O)N1C1CC1. The zero-order valence-electron chi connectivity index (χ0n) is 12.1. The number of methoxy groups -OCH3 is 1. The van der Waals surface area contributed by atoms with Crippen molar-refractivity contribution in [3.05, 3.63) is 29.3 Å². The van der Waals surface area contributed by atoms with Crippen LogP contribution >= 0.6 is 0 Å². The van der Waals surface area contributed by atoms with E-state index in [0.717, 1.165) is 43.4 Å². The zero-order chi connectivity index (χ0) is 14.6. The number of carbonyl (C=O) groups is 1. The van der Waals surface area contributed by atoms with Gasteiger partial charge in [-0.25, -0.2) is 4.79 Å². The second-order valence-corrected chi connectivity index (χ2v) is 6.14. The quantitative estimate of drug-likeness (QED) is 0.876. The van der Waals surface area contributed by atoms with Crippen LogP contribution in [0.2, 0.25) is 0 Å². The molecule has 110 valence electrons. The number of hydrogen-bond donors (Lipinski definition) is 2. The van der Waals surface area contributed by atoms with Crippen LogP contribution in [-0.4, -0.2) is 29.9 Å². The summed E-state index contributed by atoms with van der Waals surface area (Å²) in [6.45, 7) is 0. The number of hydrogen-bond acceptors (Lipinski definition) is 3. The lowest BCUT2D eigenvalue weighted by Crippen LogP contribution is -2.49. The first-order chi connectivity index (χ1) is 10.2. The second-order valence-electron chi connectivity index (χ2n) is 6.14. The Morgan fingerprint density at radius 2 is 2.24 bits per heavy atom. The van der Waals surface area contributed by atoms with Crippen molar-refractivity contribution in [2.24, 2.45) is 0 Å². The zero-order valence-corrected chi connectivity index (χ0v) is 12.1. The molecule has 0 radical (unpaired) electrons. The molecule has 21 heavy (non-hydrogen) atoms. The van der Waals surface area contributed by atoms with Gasteiger partial charge in [0.05, 0.1) is 7.11 Å². The van der Waals surface area contributed by atoms with Crippen LogP contribution < -0.4 is 10.1 Å². The number of rotatable bonds is 2. The average molecular weight is 285 g/mol. The molecule has 0 bridgehead atoms. The first-order valence-corrected chi connectivity index (χ1v) is 7.53. The monoisotopic (exact) mass is 285 g/mol. The Bertz CT molecular complexity index is 638. The third-order valence-electron chi connectivity index (χ3n) is 4.93. The van der Waals surface area contributed by atoms with E-state index in [0.29, 0.717) is 11.9 Å². The minimum absolute atomic E-state index is 0.105. The molecule has 1 spiro atoms. The Kier molecular flexibility index (Phi) is 2.55. The molecule has 0 aromatic heterocycles. The Morgan fingerprint density at radius 1 is 1.43 bits per heavy atom. The van der Waals surface area contributed by atoms with E-state index in [1.54, 1.807) is 7.11 Å². The fourth-order valence-electron chi connectivity index (χ4n) is 3.86.